The third-order valence-electron chi connectivity index (χ3n) is 6.35. The lowest BCUT2D eigenvalue weighted by atomic mass is 9.97. The van der Waals surface area contributed by atoms with E-state index in [4.69, 9.17) is 20.0 Å². The molecule has 0 spiro atoms. The summed E-state index contributed by atoms with van der Waals surface area (Å²) in [6.45, 7) is 7.95. The molecule has 4 rings (SSSR count). The van der Waals surface area contributed by atoms with Crippen LogP contribution in [0.3, 0.4) is 0 Å². The highest BCUT2D eigenvalue weighted by Crippen LogP contribution is 2.34. The van der Waals surface area contributed by atoms with Gasteiger partial charge in [-0.05, 0) is 104 Å². The van der Waals surface area contributed by atoms with E-state index < -0.39 is 0 Å². The molecular weight excluding hydrogens is 484 g/mol. The van der Waals surface area contributed by atoms with E-state index in [-0.39, 0.29) is 11.1 Å². The third-order valence-corrected chi connectivity index (χ3v) is 6.35. The molecule has 4 aromatic rings. The summed E-state index contributed by atoms with van der Waals surface area (Å²) in [6.07, 6.45) is 0.717. The van der Waals surface area contributed by atoms with Crippen LogP contribution in [0.5, 0.6) is 23.0 Å². The molecule has 4 aromatic carbocycles. The fourth-order valence-corrected chi connectivity index (χ4v) is 4.63. The van der Waals surface area contributed by atoms with E-state index in [9.17, 15) is 10.5 Å². The number of aryl methyl sites for hydroxylation is 4. The van der Waals surface area contributed by atoms with E-state index in [0.29, 0.717) is 22.6 Å². The third kappa shape index (κ3) is 5.73. The second-order valence-electron chi connectivity index (χ2n) is 9.36. The monoisotopic (exact) mass is 508 g/mol. The number of nitriles is 4. The normalized spacial score (nSPS) is 10.1. The SMILES string of the molecule is Cc1cc(Cc2cc(C)c(Oc3ccc(C#N)c(C#N)c3)c(C)c2)cc(C)c1Oc1ccc(C#N)c(C#N)c1. The van der Waals surface area contributed by atoms with Crippen molar-refractivity contribution in [3.8, 4) is 47.3 Å². The number of hydrogen-bond donors (Lipinski definition) is 0. The van der Waals surface area contributed by atoms with Gasteiger partial charge in [0.25, 0.3) is 0 Å². The first-order chi connectivity index (χ1) is 18.8. The van der Waals surface area contributed by atoms with Crippen LogP contribution in [0, 0.1) is 73.0 Å². The van der Waals surface area contributed by atoms with Gasteiger partial charge in [-0.3, -0.25) is 0 Å². The van der Waals surface area contributed by atoms with Crippen molar-refractivity contribution in [1.82, 2.24) is 0 Å². The van der Waals surface area contributed by atoms with Gasteiger partial charge in [-0.2, -0.15) is 21.0 Å². The van der Waals surface area contributed by atoms with Gasteiger partial charge in [-0.15, -0.1) is 0 Å². The highest BCUT2D eigenvalue weighted by atomic mass is 16.5. The Morgan fingerprint density at radius 3 is 1.13 bits per heavy atom. The van der Waals surface area contributed by atoms with Gasteiger partial charge in [0.05, 0.1) is 22.3 Å². The maximum absolute atomic E-state index is 9.31. The molecule has 0 aliphatic heterocycles. The lowest BCUT2D eigenvalue weighted by Gasteiger charge is -2.16. The molecule has 0 bridgehead atoms. The Kier molecular flexibility index (Phi) is 7.63. The van der Waals surface area contributed by atoms with Crippen molar-refractivity contribution >= 4 is 0 Å². The lowest BCUT2D eigenvalue weighted by molar-refractivity contribution is 0.474. The second kappa shape index (κ2) is 11.2. The summed E-state index contributed by atoms with van der Waals surface area (Å²) < 4.78 is 12.2. The maximum Gasteiger partial charge on any atom is 0.133 e. The van der Waals surface area contributed by atoms with Crippen molar-refractivity contribution in [2.45, 2.75) is 34.1 Å². The highest BCUT2D eigenvalue weighted by Gasteiger charge is 2.13. The van der Waals surface area contributed by atoms with Crippen LogP contribution < -0.4 is 9.47 Å². The zero-order chi connectivity index (χ0) is 28.1. The van der Waals surface area contributed by atoms with Crippen LogP contribution in [0.4, 0.5) is 0 Å². The Labute approximate surface area is 228 Å². The topological polar surface area (TPSA) is 114 Å². The minimum absolute atomic E-state index is 0.282. The van der Waals surface area contributed by atoms with Gasteiger partial charge in [-0.1, -0.05) is 24.3 Å². The molecule has 188 valence electrons. The van der Waals surface area contributed by atoms with Crippen LogP contribution >= 0.6 is 0 Å². The fraction of sp³-hybridized carbons (Fsp3) is 0.152. The molecule has 0 aromatic heterocycles. The Morgan fingerprint density at radius 2 is 0.821 bits per heavy atom. The molecular formula is C33H24N4O2. The molecule has 39 heavy (non-hydrogen) atoms. The van der Waals surface area contributed by atoms with E-state index in [1.54, 1.807) is 36.4 Å². The first-order valence-electron chi connectivity index (χ1n) is 12.2. The summed E-state index contributed by atoms with van der Waals surface area (Å²) >= 11 is 0. The predicted octanol–water partition coefficient (Wildman–Crippen LogP) is 7.58. The minimum Gasteiger partial charge on any atom is -0.457 e. The Hall–Kier alpha value is -5.56. The zero-order valence-electron chi connectivity index (χ0n) is 22.1. The van der Waals surface area contributed by atoms with E-state index in [2.05, 4.69) is 24.3 Å². The molecule has 0 saturated heterocycles. The molecule has 0 radical (unpaired) electrons. The largest absolute Gasteiger partial charge is 0.457 e. The number of benzene rings is 4. The van der Waals surface area contributed by atoms with Crippen LogP contribution in [0.2, 0.25) is 0 Å². The van der Waals surface area contributed by atoms with Gasteiger partial charge in [0.1, 0.15) is 47.3 Å². The van der Waals surface area contributed by atoms with Gasteiger partial charge in [0.2, 0.25) is 0 Å². The van der Waals surface area contributed by atoms with Gasteiger partial charge < -0.3 is 9.47 Å². The first kappa shape index (κ1) is 26.5. The summed E-state index contributed by atoms with van der Waals surface area (Å²) in [5, 5.41) is 36.9. The Balaban J connectivity index is 1.55. The van der Waals surface area contributed by atoms with Crippen molar-refractivity contribution in [3.05, 3.63) is 116 Å². The second-order valence-corrected chi connectivity index (χ2v) is 9.36. The summed E-state index contributed by atoms with van der Waals surface area (Å²) in [7, 11) is 0. The zero-order valence-corrected chi connectivity index (χ0v) is 22.1. The average molecular weight is 509 g/mol. The van der Waals surface area contributed by atoms with Crippen molar-refractivity contribution in [2.24, 2.45) is 0 Å². The summed E-state index contributed by atoms with van der Waals surface area (Å²) in [4.78, 5) is 0. The maximum atomic E-state index is 9.31. The fourth-order valence-electron chi connectivity index (χ4n) is 4.63. The standard InChI is InChI=1S/C33H24N4O2/c1-20-9-24(10-21(2)32(20)38-30-7-5-26(16-34)28(14-30)18-36)13-25-11-22(3)33(23(4)12-25)39-31-8-6-27(17-35)29(15-31)19-37/h5-12,14-15H,13H2,1-4H3. The van der Waals surface area contributed by atoms with Crippen LogP contribution in [0.15, 0.2) is 60.7 Å². The lowest BCUT2D eigenvalue weighted by Crippen LogP contribution is -1.98. The van der Waals surface area contributed by atoms with Crippen molar-refractivity contribution in [2.75, 3.05) is 0 Å². The number of hydrogen-bond acceptors (Lipinski definition) is 6. The number of rotatable bonds is 6. The molecule has 6 heteroatoms. The molecule has 0 aliphatic rings. The number of nitrogens with zero attached hydrogens (tertiary/aromatic N) is 4. The van der Waals surface area contributed by atoms with Gasteiger partial charge in [0, 0.05) is 0 Å². The molecule has 0 aliphatic carbocycles. The van der Waals surface area contributed by atoms with Crippen molar-refractivity contribution < 1.29 is 9.47 Å². The van der Waals surface area contributed by atoms with E-state index in [1.165, 1.54) is 0 Å². The van der Waals surface area contributed by atoms with Crippen LogP contribution in [-0.2, 0) is 6.42 Å². The molecule has 6 nitrogen and oxygen atoms in total. The van der Waals surface area contributed by atoms with E-state index in [0.717, 1.165) is 51.3 Å². The minimum atomic E-state index is 0.282. The highest BCUT2D eigenvalue weighted by molar-refractivity contribution is 5.54. The molecule has 0 heterocycles. The van der Waals surface area contributed by atoms with Crippen LogP contribution in [0.25, 0.3) is 0 Å². The van der Waals surface area contributed by atoms with Gasteiger partial charge in [0.15, 0.2) is 0 Å². The van der Waals surface area contributed by atoms with Crippen LogP contribution in [0.1, 0.15) is 55.6 Å². The van der Waals surface area contributed by atoms with Gasteiger partial charge in [-0.25, -0.2) is 0 Å². The summed E-state index contributed by atoms with van der Waals surface area (Å²) in [5.41, 5.74) is 7.34. The number of ether oxygens (including phenoxy) is 2. The molecule has 0 saturated carbocycles. The molecule has 0 atom stereocenters. The first-order valence-corrected chi connectivity index (χ1v) is 12.2. The van der Waals surface area contributed by atoms with E-state index in [1.807, 2.05) is 52.0 Å². The van der Waals surface area contributed by atoms with Crippen molar-refractivity contribution in [3.63, 3.8) is 0 Å². The smallest absolute Gasteiger partial charge is 0.133 e. The summed E-state index contributed by atoms with van der Waals surface area (Å²) in [6, 6.07) is 26.2. The average Bonchev–Trinajstić information content (AvgIpc) is 2.92. The quantitative estimate of drug-likeness (QED) is 0.265. The Bertz CT molecular complexity index is 1600. The predicted molar refractivity (Wildman–Crippen MR) is 147 cm³/mol. The molecule has 0 amide bonds. The van der Waals surface area contributed by atoms with E-state index >= 15 is 0 Å². The van der Waals surface area contributed by atoms with Crippen LogP contribution in [-0.4, -0.2) is 0 Å². The van der Waals surface area contributed by atoms with Gasteiger partial charge >= 0.3 is 0 Å². The summed E-state index contributed by atoms with van der Waals surface area (Å²) in [5.74, 6) is 2.47. The molecule has 0 N–H and O–H groups in total. The van der Waals surface area contributed by atoms with Crippen molar-refractivity contribution in [1.29, 1.82) is 21.0 Å². The Morgan fingerprint density at radius 1 is 0.487 bits per heavy atom. The molecule has 0 unspecified atom stereocenters. The molecule has 0 fully saturated rings.